The highest BCUT2D eigenvalue weighted by Crippen LogP contribution is 2.52. The van der Waals surface area contributed by atoms with Gasteiger partial charge in [-0.05, 0) is 25.5 Å². The third-order valence-corrected chi connectivity index (χ3v) is 7.52. The third-order valence-electron chi connectivity index (χ3n) is 7.52. The smallest absolute Gasteiger partial charge is 0.341 e. The van der Waals surface area contributed by atoms with Crippen LogP contribution < -0.4 is 25.5 Å². The molecule has 3 N–H and O–H groups in total. The van der Waals surface area contributed by atoms with Gasteiger partial charge in [0.15, 0.2) is 23.1 Å². The van der Waals surface area contributed by atoms with Gasteiger partial charge in [-0.1, -0.05) is 6.07 Å². The Hall–Kier alpha value is -3.63. The van der Waals surface area contributed by atoms with E-state index in [-0.39, 0.29) is 34.6 Å². The second kappa shape index (κ2) is 6.73. The van der Waals surface area contributed by atoms with Crippen LogP contribution in [0.15, 0.2) is 29.2 Å². The number of anilines is 1. The fourth-order valence-electron chi connectivity index (χ4n) is 5.46. The molecular weight excluding hydrogens is 457 g/mol. The molecule has 35 heavy (non-hydrogen) atoms. The number of hydrogen-bond acceptors (Lipinski definition) is 7. The van der Waals surface area contributed by atoms with Gasteiger partial charge in [-0.3, -0.25) is 4.79 Å². The van der Waals surface area contributed by atoms with Crippen molar-refractivity contribution in [2.45, 2.75) is 37.5 Å². The summed E-state index contributed by atoms with van der Waals surface area (Å²) in [6, 6.07) is 4.66. The number of epoxide rings is 1. The fraction of sp³-hybridized carbons (Fsp3) is 0.360. The quantitative estimate of drug-likeness (QED) is 0.431. The number of benzene rings is 2. The average Bonchev–Trinajstić information content (AvgIpc) is 3.21. The number of nitrogens with zero attached hydrogens (tertiary/aromatic N) is 2. The lowest BCUT2D eigenvalue weighted by Crippen LogP contribution is -2.31. The summed E-state index contributed by atoms with van der Waals surface area (Å²) in [5, 5.41) is 9.68. The zero-order valence-corrected chi connectivity index (χ0v) is 18.8. The standard InChI is InChI=1S/C25H22FN3O6/c1-25(10-33-25)17-6-11-2-3-16-20(22(11)35-17)29-9-14(24(31)32)21(30)13-7-15(26)19(23(34-16)18(13)29)28-5-4-12(27)8-28/h2-3,7,9,12,17H,4-6,8,10,27H2,1H3,(H,31,32)/t12-,17+,25+/m0/s1. The minimum atomic E-state index is -1.39. The fourth-order valence-corrected chi connectivity index (χ4v) is 5.46. The highest BCUT2D eigenvalue weighted by Gasteiger charge is 2.52. The van der Waals surface area contributed by atoms with E-state index in [9.17, 15) is 14.7 Å². The number of ether oxygens (including phenoxy) is 3. The molecule has 0 saturated carbocycles. The molecule has 0 radical (unpaired) electrons. The molecule has 0 amide bonds. The molecule has 2 saturated heterocycles. The van der Waals surface area contributed by atoms with Crippen LogP contribution in [-0.4, -0.2) is 53.1 Å². The molecule has 0 unspecified atom stereocenters. The number of halogens is 1. The number of carbonyl (C=O) groups is 1. The molecule has 4 aliphatic heterocycles. The summed E-state index contributed by atoms with van der Waals surface area (Å²) < 4.78 is 35.3. The minimum absolute atomic E-state index is 0.0695. The number of carboxylic acids is 1. The SMILES string of the molecule is C[C@]1([C@H]2Cc3ccc4c(c3O2)-n2cc(C(=O)O)c(=O)c3cc(F)c(N5CC[C@H](N)C5)c(c32)O4)CO1. The van der Waals surface area contributed by atoms with Crippen molar-refractivity contribution in [1.29, 1.82) is 0 Å². The Balaban J connectivity index is 1.53. The Kier molecular flexibility index (Phi) is 3.99. The van der Waals surface area contributed by atoms with Crippen LogP contribution in [0.2, 0.25) is 0 Å². The Morgan fingerprint density at radius 2 is 2.09 bits per heavy atom. The number of aromatic carboxylic acids is 1. The van der Waals surface area contributed by atoms with Crippen molar-refractivity contribution in [3.8, 4) is 22.9 Å². The van der Waals surface area contributed by atoms with E-state index >= 15 is 4.39 Å². The summed E-state index contributed by atoms with van der Waals surface area (Å²) in [4.78, 5) is 26.9. The van der Waals surface area contributed by atoms with Crippen molar-refractivity contribution in [2.75, 3.05) is 24.6 Å². The molecule has 1 aromatic heterocycles. The van der Waals surface area contributed by atoms with Crippen molar-refractivity contribution in [3.63, 3.8) is 0 Å². The molecule has 180 valence electrons. The van der Waals surface area contributed by atoms with Crippen molar-refractivity contribution in [3.05, 3.63) is 51.6 Å². The number of carboxylic acid groups (broad SMARTS) is 1. The van der Waals surface area contributed by atoms with Crippen molar-refractivity contribution < 1.29 is 28.5 Å². The van der Waals surface area contributed by atoms with Crippen LogP contribution in [0.25, 0.3) is 16.6 Å². The van der Waals surface area contributed by atoms with Crippen molar-refractivity contribution in [1.82, 2.24) is 4.57 Å². The van der Waals surface area contributed by atoms with Gasteiger partial charge in [0.25, 0.3) is 0 Å². The lowest BCUT2D eigenvalue weighted by molar-refractivity contribution is 0.0695. The van der Waals surface area contributed by atoms with E-state index < -0.39 is 22.8 Å². The molecule has 2 aromatic carbocycles. The number of aromatic nitrogens is 1. The summed E-state index contributed by atoms with van der Waals surface area (Å²) in [6.07, 6.45) is 2.40. The maximum atomic E-state index is 15.5. The molecule has 0 bridgehead atoms. The molecule has 4 aliphatic rings. The number of nitrogens with two attached hydrogens (primary N) is 1. The summed E-state index contributed by atoms with van der Waals surface area (Å²) in [7, 11) is 0. The molecule has 9 nitrogen and oxygen atoms in total. The van der Waals surface area contributed by atoms with E-state index in [4.69, 9.17) is 19.9 Å². The predicted octanol–water partition coefficient (Wildman–Crippen LogP) is 2.56. The summed E-state index contributed by atoms with van der Waals surface area (Å²) >= 11 is 0. The Morgan fingerprint density at radius 1 is 1.29 bits per heavy atom. The maximum absolute atomic E-state index is 15.5. The van der Waals surface area contributed by atoms with Crippen LogP contribution in [0.5, 0.6) is 17.2 Å². The molecular formula is C25H22FN3O6. The largest absolute Gasteiger partial charge is 0.484 e. The normalized spacial score (nSPS) is 25.7. The number of pyridine rings is 1. The van der Waals surface area contributed by atoms with Gasteiger partial charge in [0.05, 0.1) is 12.0 Å². The van der Waals surface area contributed by atoms with Gasteiger partial charge in [-0.2, -0.15) is 0 Å². The third kappa shape index (κ3) is 2.80. The molecule has 2 fully saturated rings. The Morgan fingerprint density at radius 3 is 2.77 bits per heavy atom. The zero-order valence-electron chi connectivity index (χ0n) is 18.8. The number of rotatable bonds is 3. The molecule has 5 heterocycles. The van der Waals surface area contributed by atoms with Gasteiger partial charge >= 0.3 is 5.97 Å². The van der Waals surface area contributed by atoms with Crippen LogP contribution in [0.4, 0.5) is 10.1 Å². The second-order valence-corrected chi connectivity index (χ2v) is 9.89. The molecule has 3 aromatic rings. The van der Waals surface area contributed by atoms with Crippen molar-refractivity contribution >= 4 is 22.6 Å². The van der Waals surface area contributed by atoms with Gasteiger partial charge in [0, 0.05) is 37.3 Å². The van der Waals surface area contributed by atoms with Crippen molar-refractivity contribution in [2.24, 2.45) is 5.73 Å². The minimum Gasteiger partial charge on any atom is -0.484 e. The van der Waals surface area contributed by atoms with Crippen LogP contribution in [0.3, 0.4) is 0 Å². The van der Waals surface area contributed by atoms with Crippen LogP contribution in [-0.2, 0) is 11.2 Å². The van der Waals surface area contributed by atoms with Gasteiger partial charge in [0.1, 0.15) is 34.2 Å². The number of hydrogen-bond donors (Lipinski definition) is 2. The van der Waals surface area contributed by atoms with E-state index in [0.717, 1.165) is 11.6 Å². The monoisotopic (exact) mass is 479 g/mol. The van der Waals surface area contributed by atoms with Gasteiger partial charge in [0.2, 0.25) is 5.43 Å². The maximum Gasteiger partial charge on any atom is 0.341 e. The van der Waals surface area contributed by atoms with Gasteiger partial charge in [-0.15, -0.1) is 0 Å². The highest BCUT2D eigenvalue weighted by atomic mass is 19.1. The zero-order chi connectivity index (χ0) is 24.2. The predicted molar refractivity (Wildman–Crippen MR) is 124 cm³/mol. The first-order valence-corrected chi connectivity index (χ1v) is 11.6. The molecule has 0 spiro atoms. The lowest BCUT2D eigenvalue weighted by Gasteiger charge is -2.30. The van der Waals surface area contributed by atoms with E-state index in [1.165, 1.54) is 6.20 Å². The summed E-state index contributed by atoms with van der Waals surface area (Å²) in [6.45, 7) is 3.56. The summed E-state index contributed by atoms with van der Waals surface area (Å²) in [5.41, 5.74) is 6.40. The number of fused-ring (bicyclic) bond motifs is 4. The Bertz CT molecular complexity index is 1530. The molecule has 0 aliphatic carbocycles. The molecule has 7 rings (SSSR count). The Labute approximate surface area is 198 Å². The first kappa shape index (κ1) is 20.7. The molecule has 10 heteroatoms. The topological polar surface area (TPSA) is 120 Å². The summed E-state index contributed by atoms with van der Waals surface area (Å²) in [5.74, 6) is -0.953. The van der Waals surface area contributed by atoms with Gasteiger partial charge < -0.3 is 34.5 Å². The van der Waals surface area contributed by atoms with Crippen LogP contribution >= 0.6 is 0 Å². The van der Waals surface area contributed by atoms with Gasteiger partial charge in [-0.25, -0.2) is 9.18 Å². The lowest BCUT2D eigenvalue weighted by atomic mass is 9.99. The molecule has 3 atom stereocenters. The first-order chi connectivity index (χ1) is 16.7. The highest BCUT2D eigenvalue weighted by molar-refractivity contribution is 5.99. The van der Waals surface area contributed by atoms with Crippen LogP contribution in [0.1, 0.15) is 29.3 Å². The van der Waals surface area contributed by atoms with Crippen LogP contribution in [0, 0.1) is 5.82 Å². The first-order valence-electron chi connectivity index (χ1n) is 11.6. The van der Waals surface area contributed by atoms with E-state index in [1.807, 2.05) is 17.9 Å². The van der Waals surface area contributed by atoms with E-state index in [1.54, 1.807) is 10.6 Å². The second-order valence-electron chi connectivity index (χ2n) is 9.89. The van der Waals surface area contributed by atoms with E-state index in [0.29, 0.717) is 55.2 Å². The average molecular weight is 479 g/mol. The van der Waals surface area contributed by atoms with E-state index in [2.05, 4.69) is 0 Å².